The number of rotatable bonds is 4. The molecular formula is C24H25N3O4. The van der Waals surface area contributed by atoms with Crippen LogP contribution in [0.5, 0.6) is 11.5 Å². The molecule has 0 spiro atoms. The standard InChI is InChI=1S/C24H25N3O4/c1-3-27-16(2)11-19(25-27)24(28)26-13-22(17-7-5-4-6-8-17)31-23(14-26)18-9-10-20-21(12-18)30-15-29-20/h4-12,22-23H,3,13-15H2,1-2H3/t22-,23+/m0/s1. The molecule has 160 valence electrons. The molecule has 1 aromatic heterocycles. The van der Waals surface area contributed by atoms with Gasteiger partial charge in [0.1, 0.15) is 12.2 Å². The van der Waals surface area contributed by atoms with Crippen LogP contribution < -0.4 is 9.47 Å². The lowest BCUT2D eigenvalue weighted by Crippen LogP contribution is -2.44. The summed E-state index contributed by atoms with van der Waals surface area (Å²) in [5.41, 5.74) is 3.45. The summed E-state index contributed by atoms with van der Waals surface area (Å²) in [6, 6.07) is 17.7. The second kappa shape index (κ2) is 8.07. The van der Waals surface area contributed by atoms with Crippen LogP contribution in [0.3, 0.4) is 0 Å². The fourth-order valence-corrected chi connectivity index (χ4v) is 4.17. The van der Waals surface area contributed by atoms with Crippen molar-refractivity contribution in [2.24, 2.45) is 0 Å². The minimum Gasteiger partial charge on any atom is -0.454 e. The number of benzene rings is 2. The number of hydrogen-bond acceptors (Lipinski definition) is 5. The monoisotopic (exact) mass is 419 g/mol. The fraction of sp³-hybridized carbons (Fsp3) is 0.333. The molecule has 31 heavy (non-hydrogen) atoms. The number of hydrogen-bond donors (Lipinski definition) is 0. The highest BCUT2D eigenvalue weighted by Gasteiger charge is 2.34. The topological polar surface area (TPSA) is 65.8 Å². The van der Waals surface area contributed by atoms with Crippen molar-refractivity contribution in [2.75, 3.05) is 19.9 Å². The Hall–Kier alpha value is -3.32. The highest BCUT2D eigenvalue weighted by Crippen LogP contribution is 2.38. The summed E-state index contributed by atoms with van der Waals surface area (Å²) in [6.07, 6.45) is -0.518. The van der Waals surface area contributed by atoms with Crippen molar-refractivity contribution >= 4 is 5.91 Å². The molecule has 0 unspecified atom stereocenters. The van der Waals surface area contributed by atoms with E-state index in [0.29, 0.717) is 24.5 Å². The predicted molar refractivity (Wildman–Crippen MR) is 114 cm³/mol. The first kappa shape index (κ1) is 19.6. The van der Waals surface area contributed by atoms with E-state index >= 15 is 0 Å². The minimum absolute atomic E-state index is 0.0784. The normalized spacial score (nSPS) is 20.1. The molecule has 2 aliphatic heterocycles. The maximum absolute atomic E-state index is 13.4. The van der Waals surface area contributed by atoms with Crippen molar-refractivity contribution in [1.82, 2.24) is 14.7 Å². The smallest absolute Gasteiger partial charge is 0.274 e. The second-order valence-electron chi connectivity index (χ2n) is 7.83. The number of morpholine rings is 1. The Morgan fingerprint density at radius 2 is 1.74 bits per heavy atom. The van der Waals surface area contributed by atoms with Crippen molar-refractivity contribution < 1.29 is 19.0 Å². The number of ether oxygens (including phenoxy) is 3. The number of carbonyl (C=O) groups excluding carboxylic acids is 1. The van der Waals surface area contributed by atoms with Crippen molar-refractivity contribution in [3.8, 4) is 11.5 Å². The van der Waals surface area contributed by atoms with Crippen molar-refractivity contribution in [2.45, 2.75) is 32.6 Å². The van der Waals surface area contributed by atoms with E-state index in [0.717, 1.165) is 29.1 Å². The van der Waals surface area contributed by atoms with Crippen molar-refractivity contribution in [3.05, 3.63) is 77.1 Å². The largest absolute Gasteiger partial charge is 0.454 e. The predicted octanol–water partition coefficient (Wildman–Crippen LogP) is 3.90. The van der Waals surface area contributed by atoms with E-state index < -0.39 is 0 Å². The molecule has 5 rings (SSSR count). The quantitative estimate of drug-likeness (QED) is 0.642. The lowest BCUT2D eigenvalue weighted by molar-refractivity contribution is -0.0798. The molecule has 2 aromatic carbocycles. The van der Waals surface area contributed by atoms with E-state index in [1.165, 1.54) is 0 Å². The Bertz CT molecular complexity index is 1100. The van der Waals surface area contributed by atoms with Gasteiger partial charge in [0.05, 0.1) is 13.1 Å². The van der Waals surface area contributed by atoms with Crippen LogP contribution in [0.25, 0.3) is 0 Å². The summed E-state index contributed by atoms with van der Waals surface area (Å²) in [6.45, 7) is 5.86. The van der Waals surface area contributed by atoms with Crippen LogP contribution in [0.4, 0.5) is 0 Å². The molecule has 0 saturated carbocycles. The molecular weight excluding hydrogens is 394 g/mol. The van der Waals surface area contributed by atoms with Gasteiger partial charge in [-0.15, -0.1) is 0 Å². The van der Waals surface area contributed by atoms with Crippen LogP contribution >= 0.6 is 0 Å². The number of carbonyl (C=O) groups is 1. The Morgan fingerprint density at radius 1 is 1.00 bits per heavy atom. The van der Waals surface area contributed by atoms with Gasteiger partial charge in [-0.2, -0.15) is 5.10 Å². The van der Waals surface area contributed by atoms with E-state index in [1.807, 2.05) is 78.0 Å². The second-order valence-corrected chi connectivity index (χ2v) is 7.83. The van der Waals surface area contributed by atoms with Crippen LogP contribution in [0, 0.1) is 6.92 Å². The Kier molecular flexibility index (Phi) is 5.11. The molecule has 7 heteroatoms. The van der Waals surface area contributed by atoms with Gasteiger partial charge in [0.2, 0.25) is 6.79 Å². The third-order valence-electron chi connectivity index (χ3n) is 5.83. The molecule has 3 heterocycles. The van der Waals surface area contributed by atoms with E-state index in [9.17, 15) is 4.79 Å². The lowest BCUT2D eigenvalue weighted by Gasteiger charge is -2.38. The zero-order chi connectivity index (χ0) is 21.4. The molecule has 0 radical (unpaired) electrons. The van der Waals surface area contributed by atoms with Gasteiger partial charge < -0.3 is 19.1 Å². The van der Waals surface area contributed by atoms with Crippen LogP contribution in [-0.2, 0) is 11.3 Å². The molecule has 1 amide bonds. The number of nitrogens with zero attached hydrogens (tertiary/aromatic N) is 3. The highest BCUT2D eigenvalue weighted by molar-refractivity contribution is 5.92. The molecule has 0 N–H and O–H groups in total. The summed E-state index contributed by atoms with van der Waals surface area (Å²) >= 11 is 0. The third kappa shape index (κ3) is 3.77. The van der Waals surface area contributed by atoms with Gasteiger partial charge >= 0.3 is 0 Å². The Labute approximate surface area is 181 Å². The van der Waals surface area contributed by atoms with E-state index in [2.05, 4.69) is 5.10 Å². The first-order chi connectivity index (χ1) is 15.1. The number of fused-ring (bicyclic) bond motifs is 1. The highest BCUT2D eigenvalue weighted by atomic mass is 16.7. The zero-order valence-corrected chi connectivity index (χ0v) is 17.7. The Morgan fingerprint density at radius 3 is 2.48 bits per heavy atom. The molecule has 1 fully saturated rings. The summed E-state index contributed by atoms with van der Waals surface area (Å²) in [5.74, 6) is 1.36. The lowest BCUT2D eigenvalue weighted by atomic mass is 10.0. The van der Waals surface area contributed by atoms with Crippen LogP contribution in [0.2, 0.25) is 0 Å². The molecule has 0 aliphatic carbocycles. The molecule has 0 bridgehead atoms. The van der Waals surface area contributed by atoms with Gasteiger partial charge in [-0.3, -0.25) is 9.48 Å². The van der Waals surface area contributed by atoms with E-state index in [4.69, 9.17) is 14.2 Å². The number of amides is 1. The maximum Gasteiger partial charge on any atom is 0.274 e. The van der Waals surface area contributed by atoms with E-state index in [1.54, 1.807) is 0 Å². The van der Waals surface area contributed by atoms with E-state index in [-0.39, 0.29) is 24.9 Å². The SMILES string of the molecule is CCn1nc(C(=O)N2C[C@@H](c3ccccc3)O[C@@H](c3ccc4c(c3)OCO4)C2)cc1C. The summed E-state index contributed by atoms with van der Waals surface area (Å²) in [5, 5.41) is 4.49. The first-order valence-corrected chi connectivity index (χ1v) is 10.6. The van der Waals surface area contributed by atoms with Gasteiger partial charge in [0, 0.05) is 12.2 Å². The van der Waals surface area contributed by atoms with Gasteiger partial charge in [0.15, 0.2) is 17.2 Å². The van der Waals surface area contributed by atoms with Gasteiger partial charge in [-0.25, -0.2) is 0 Å². The summed E-state index contributed by atoms with van der Waals surface area (Å²) < 4.78 is 19.3. The van der Waals surface area contributed by atoms with Crippen LogP contribution in [0.1, 0.15) is 46.4 Å². The minimum atomic E-state index is -0.285. The molecule has 2 atom stereocenters. The molecule has 1 saturated heterocycles. The average molecular weight is 419 g/mol. The van der Waals surface area contributed by atoms with Crippen LogP contribution in [-0.4, -0.2) is 40.5 Å². The number of aromatic nitrogens is 2. The first-order valence-electron chi connectivity index (χ1n) is 10.6. The summed E-state index contributed by atoms with van der Waals surface area (Å²) in [4.78, 5) is 15.2. The van der Waals surface area contributed by atoms with Crippen molar-refractivity contribution in [3.63, 3.8) is 0 Å². The van der Waals surface area contributed by atoms with Gasteiger partial charge in [-0.05, 0) is 43.2 Å². The van der Waals surface area contributed by atoms with Gasteiger partial charge in [0.25, 0.3) is 5.91 Å². The summed E-state index contributed by atoms with van der Waals surface area (Å²) in [7, 11) is 0. The van der Waals surface area contributed by atoms with Crippen molar-refractivity contribution in [1.29, 1.82) is 0 Å². The third-order valence-corrected chi connectivity index (χ3v) is 5.83. The Balaban J connectivity index is 1.46. The fourth-order valence-electron chi connectivity index (χ4n) is 4.17. The van der Waals surface area contributed by atoms with Gasteiger partial charge in [-0.1, -0.05) is 36.4 Å². The molecule has 7 nitrogen and oxygen atoms in total. The maximum atomic E-state index is 13.4. The van der Waals surface area contributed by atoms with Crippen LogP contribution in [0.15, 0.2) is 54.6 Å². The molecule has 2 aliphatic rings. The zero-order valence-electron chi connectivity index (χ0n) is 17.7. The average Bonchev–Trinajstić information content (AvgIpc) is 3.44. The number of aryl methyl sites for hydroxylation is 2. The molecule has 3 aromatic rings.